The summed E-state index contributed by atoms with van der Waals surface area (Å²) in [5, 5.41) is 19.9. The Kier molecular flexibility index (Phi) is 5.27. The number of rotatable bonds is 4. The summed E-state index contributed by atoms with van der Waals surface area (Å²) in [6.45, 7) is 1.26. The Labute approximate surface area is 236 Å². The van der Waals surface area contributed by atoms with Crippen LogP contribution in [0, 0.1) is 0 Å². The van der Waals surface area contributed by atoms with Gasteiger partial charge in [-0.2, -0.15) is 0 Å². The van der Waals surface area contributed by atoms with Gasteiger partial charge >= 0.3 is 0 Å². The molecule has 4 heterocycles. The first-order chi connectivity index (χ1) is 20.0. The molecule has 2 fully saturated rings. The molecule has 1 aliphatic heterocycles. The molecule has 41 heavy (non-hydrogen) atoms. The second-order valence-electron chi connectivity index (χ2n) is 11.0. The van der Waals surface area contributed by atoms with Crippen LogP contribution in [0.1, 0.15) is 18.4 Å². The topological polar surface area (TPSA) is 108 Å². The maximum atomic E-state index is 10.00. The van der Waals surface area contributed by atoms with Gasteiger partial charge in [-0.25, -0.2) is 4.98 Å². The average Bonchev–Trinajstić information content (AvgIpc) is 3.65. The zero-order valence-electron chi connectivity index (χ0n) is 22.2. The van der Waals surface area contributed by atoms with Crippen molar-refractivity contribution in [3.8, 4) is 39.5 Å². The van der Waals surface area contributed by atoms with Gasteiger partial charge in [0.05, 0.1) is 30.0 Å². The first-order valence-corrected chi connectivity index (χ1v) is 13.7. The number of phenols is 1. The summed E-state index contributed by atoms with van der Waals surface area (Å²) in [4.78, 5) is 5.16. The molecule has 6 aromatic rings. The summed E-state index contributed by atoms with van der Waals surface area (Å²) in [5.74, 6) is 0.323. The smallest absolute Gasteiger partial charge is 0.172 e. The van der Waals surface area contributed by atoms with Gasteiger partial charge in [0.2, 0.25) is 0 Å². The third kappa shape index (κ3) is 3.91. The molecule has 0 amide bonds. The molecule has 0 bridgehead atoms. The number of ether oxygens (including phenoxy) is 2. The molecular weight excluding hydrogens is 514 g/mol. The highest BCUT2D eigenvalue weighted by atomic mass is 16.7. The summed E-state index contributed by atoms with van der Waals surface area (Å²) in [6, 6.07) is 29.8. The van der Waals surface area contributed by atoms with Gasteiger partial charge < -0.3 is 20.3 Å². The summed E-state index contributed by atoms with van der Waals surface area (Å²) >= 11 is 0. The van der Waals surface area contributed by atoms with Gasteiger partial charge in [-0.3, -0.25) is 4.40 Å². The first-order valence-electron chi connectivity index (χ1n) is 13.7. The van der Waals surface area contributed by atoms with Crippen LogP contribution >= 0.6 is 0 Å². The van der Waals surface area contributed by atoms with Gasteiger partial charge in [-0.1, -0.05) is 66.7 Å². The Morgan fingerprint density at radius 1 is 0.780 bits per heavy atom. The normalized spacial score (nSPS) is 17.3. The van der Waals surface area contributed by atoms with Crippen LogP contribution in [0.3, 0.4) is 0 Å². The predicted octanol–water partition coefficient (Wildman–Crippen LogP) is 5.68. The minimum Gasteiger partial charge on any atom is -0.508 e. The fourth-order valence-corrected chi connectivity index (χ4v) is 6.27. The maximum absolute atomic E-state index is 10.00. The zero-order chi connectivity index (χ0) is 27.6. The molecular formula is C33H27N5O3. The molecule has 8 heteroatoms. The lowest BCUT2D eigenvalue weighted by Gasteiger charge is -2.50. The lowest BCUT2D eigenvalue weighted by atomic mass is 9.68. The Hall–Kier alpha value is -4.63. The van der Waals surface area contributed by atoms with Gasteiger partial charge in [-0.15, -0.1) is 10.2 Å². The van der Waals surface area contributed by atoms with Crippen molar-refractivity contribution < 1.29 is 14.6 Å². The SMILES string of the molecule is NC1(c2ccc(-c3nc4ccn5c(-c6cccc(O)c6)nnc5c4cc3-c3ccccc3)cc2)CC2(C1)OCCO2. The lowest BCUT2D eigenvalue weighted by molar-refractivity contribution is -0.239. The van der Waals surface area contributed by atoms with E-state index in [4.69, 9.17) is 20.2 Å². The minimum atomic E-state index is -0.512. The molecule has 202 valence electrons. The van der Waals surface area contributed by atoms with E-state index in [0.717, 1.165) is 44.4 Å². The number of aromatic hydroxyl groups is 1. The molecule has 1 spiro atoms. The van der Waals surface area contributed by atoms with Crippen LogP contribution in [-0.4, -0.2) is 43.7 Å². The summed E-state index contributed by atoms with van der Waals surface area (Å²) < 4.78 is 13.6. The third-order valence-corrected chi connectivity index (χ3v) is 8.28. The molecule has 8 rings (SSSR count). The molecule has 0 unspecified atom stereocenters. The molecule has 1 saturated heterocycles. The van der Waals surface area contributed by atoms with E-state index in [9.17, 15) is 5.11 Å². The molecule has 0 atom stereocenters. The van der Waals surface area contributed by atoms with Crippen molar-refractivity contribution in [1.82, 2.24) is 19.6 Å². The molecule has 3 aromatic heterocycles. The number of pyridine rings is 2. The molecule has 2 aliphatic rings. The van der Waals surface area contributed by atoms with Gasteiger partial charge in [0.15, 0.2) is 17.3 Å². The monoisotopic (exact) mass is 541 g/mol. The average molecular weight is 542 g/mol. The summed E-state index contributed by atoms with van der Waals surface area (Å²) in [6.07, 6.45) is 3.24. The lowest BCUT2D eigenvalue weighted by Crippen LogP contribution is -2.60. The third-order valence-electron chi connectivity index (χ3n) is 8.28. The van der Waals surface area contributed by atoms with Gasteiger partial charge in [0, 0.05) is 41.1 Å². The Morgan fingerprint density at radius 3 is 2.29 bits per heavy atom. The van der Waals surface area contributed by atoms with Crippen molar-refractivity contribution >= 4 is 16.6 Å². The quantitative estimate of drug-likeness (QED) is 0.296. The van der Waals surface area contributed by atoms with Crippen molar-refractivity contribution in [3.05, 3.63) is 103 Å². The Bertz CT molecular complexity index is 1920. The molecule has 0 radical (unpaired) electrons. The fourth-order valence-electron chi connectivity index (χ4n) is 6.27. The van der Waals surface area contributed by atoms with E-state index in [1.165, 1.54) is 0 Å². The number of hydrogen-bond donors (Lipinski definition) is 2. The van der Waals surface area contributed by atoms with Crippen LogP contribution in [0.5, 0.6) is 5.75 Å². The van der Waals surface area contributed by atoms with Crippen LogP contribution in [0.15, 0.2) is 97.2 Å². The van der Waals surface area contributed by atoms with Crippen molar-refractivity contribution in [2.45, 2.75) is 24.2 Å². The number of benzene rings is 3. The van der Waals surface area contributed by atoms with E-state index in [0.29, 0.717) is 37.5 Å². The van der Waals surface area contributed by atoms with Gasteiger partial charge in [0.25, 0.3) is 0 Å². The van der Waals surface area contributed by atoms with Gasteiger partial charge in [0.1, 0.15) is 5.75 Å². The fraction of sp³-hybridized carbons (Fsp3) is 0.182. The second kappa shape index (κ2) is 8.94. The van der Waals surface area contributed by atoms with E-state index in [1.807, 2.05) is 40.9 Å². The highest BCUT2D eigenvalue weighted by molar-refractivity contribution is 5.98. The Morgan fingerprint density at radius 2 is 1.54 bits per heavy atom. The molecule has 3 aromatic carbocycles. The van der Waals surface area contributed by atoms with Crippen molar-refractivity contribution in [2.75, 3.05) is 13.2 Å². The van der Waals surface area contributed by atoms with Crippen LogP contribution < -0.4 is 5.73 Å². The highest BCUT2D eigenvalue weighted by Gasteiger charge is 2.57. The molecule has 1 saturated carbocycles. The van der Waals surface area contributed by atoms with Crippen molar-refractivity contribution in [2.24, 2.45) is 5.73 Å². The van der Waals surface area contributed by atoms with Crippen LogP contribution in [0.2, 0.25) is 0 Å². The number of nitrogens with two attached hydrogens (primary N) is 1. The molecule has 3 N–H and O–H groups in total. The van der Waals surface area contributed by atoms with E-state index in [-0.39, 0.29) is 5.75 Å². The number of aromatic nitrogens is 4. The summed E-state index contributed by atoms with van der Waals surface area (Å²) in [5.41, 5.74) is 13.6. The highest BCUT2D eigenvalue weighted by Crippen LogP contribution is 2.51. The number of phenolic OH excluding ortho intramolecular Hbond substituents is 1. The Balaban J connectivity index is 1.24. The van der Waals surface area contributed by atoms with Crippen LogP contribution in [0.4, 0.5) is 0 Å². The molecule has 1 aliphatic carbocycles. The van der Waals surface area contributed by atoms with Crippen LogP contribution in [-0.2, 0) is 15.0 Å². The first kappa shape index (κ1) is 24.2. The summed E-state index contributed by atoms with van der Waals surface area (Å²) in [7, 11) is 0. The van der Waals surface area contributed by atoms with Crippen molar-refractivity contribution in [1.29, 1.82) is 0 Å². The van der Waals surface area contributed by atoms with Crippen LogP contribution in [0.25, 0.3) is 50.3 Å². The van der Waals surface area contributed by atoms with E-state index >= 15 is 0 Å². The predicted molar refractivity (Wildman–Crippen MR) is 156 cm³/mol. The number of hydrogen-bond acceptors (Lipinski definition) is 7. The molecule has 8 nitrogen and oxygen atoms in total. The van der Waals surface area contributed by atoms with Gasteiger partial charge in [-0.05, 0) is 35.4 Å². The van der Waals surface area contributed by atoms with E-state index < -0.39 is 11.3 Å². The number of fused-ring (bicyclic) bond motifs is 3. The maximum Gasteiger partial charge on any atom is 0.172 e. The van der Waals surface area contributed by atoms with E-state index in [1.54, 1.807) is 18.2 Å². The van der Waals surface area contributed by atoms with Crippen molar-refractivity contribution in [3.63, 3.8) is 0 Å². The largest absolute Gasteiger partial charge is 0.508 e. The minimum absolute atomic E-state index is 0.182. The number of nitrogens with zero attached hydrogens (tertiary/aromatic N) is 4. The second-order valence-corrected chi connectivity index (χ2v) is 11.0. The zero-order valence-corrected chi connectivity index (χ0v) is 22.2. The standard InChI is InChI=1S/C33H27N5O3/c34-32(19-33(20-32)40-15-16-41-33)24-11-9-22(10-12-24)29-26(21-5-2-1-3-6-21)18-27-28(35-29)13-14-38-30(36-37-31(27)38)23-7-4-8-25(39)17-23/h1-14,17-18,39H,15-16,19-20,34H2. The van der Waals surface area contributed by atoms with E-state index in [2.05, 4.69) is 52.7 Å².